The van der Waals surface area contributed by atoms with Crippen molar-refractivity contribution in [1.82, 2.24) is 5.43 Å². The standard InChI is InChI=1S/C22H26N2OS/c1-22(2,3)17-9-7-16(8-10-17)19-13-20(19)21(25)24-23-14-15-5-11-18(26-4)12-6-15/h5-12,14,19-20H,13H2,1-4H3,(H,24,25)/b23-14-/t19-,20-/m1/s1. The molecule has 2 atom stereocenters. The lowest BCUT2D eigenvalue weighted by atomic mass is 9.86. The summed E-state index contributed by atoms with van der Waals surface area (Å²) >= 11 is 1.70. The van der Waals surface area contributed by atoms with Crippen LogP contribution in [0.4, 0.5) is 0 Å². The lowest BCUT2D eigenvalue weighted by molar-refractivity contribution is -0.122. The molecule has 1 saturated carbocycles. The molecule has 1 aliphatic carbocycles. The Balaban J connectivity index is 1.53. The molecule has 0 heterocycles. The molecule has 3 nitrogen and oxygen atoms in total. The van der Waals surface area contributed by atoms with Gasteiger partial charge in [0.05, 0.1) is 6.21 Å². The Bertz CT molecular complexity index is 788. The molecular weight excluding hydrogens is 340 g/mol. The minimum atomic E-state index is 0.00637. The van der Waals surface area contributed by atoms with Crippen LogP contribution >= 0.6 is 11.8 Å². The number of nitrogens with one attached hydrogen (secondary N) is 1. The first-order valence-corrected chi connectivity index (χ1v) is 10.2. The molecule has 1 aliphatic rings. The summed E-state index contributed by atoms with van der Waals surface area (Å²) < 4.78 is 0. The Kier molecular flexibility index (Phi) is 5.52. The van der Waals surface area contributed by atoms with Crippen LogP contribution in [0.3, 0.4) is 0 Å². The zero-order valence-corrected chi connectivity index (χ0v) is 16.6. The molecule has 0 aromatic heterocycles. The summed E-state index contributed by atoms with van der Waals surface area (Å²) in [6, 6.07) is 16.8. The maximum Gasteiger partial charge on any atom is 0.243 e. The normalized spacial score (nSPS) is 19.5. The quantitative estimate of drug-likeness (QED) is 0.462. The molecule has 0 bridgehead atoms. The highest BCUT2D eigenvalue weighted by atomic mass is 32.2. The van der Waals surface area contributed by atoms with Gasteiger partial charge in [-0.1, -0.05) is 57.2 Å². The minimum absolute atomic E-state index is 0.00637. The van der Waals surface area contributed by atoms with Gasteiger partial charge >= 0.3 is 0 Å². The molecule has 136 valence electrons. The third-order valence-corrected chi connectivity index (χ3v) is 5.58. The van der Waals surface area contributed by atoms with Crippen LogP contribution < -0.4 is 5.43 Å². The van der Waals surface area contributed by atoms with Crippen LogP contribution in [0, 0.1) is 5.92 Å². The van der Waals surface area contributed by atoms with Crippen LogP contribution in [0.5, 0.6) is 0 Å². The van der Waals surface area contributed by atoms with Gasteiger partial charge in [0.1, 0.15) is 0 Å². The number of nitrogens with zero attached hydrogens (tertiary/aromatic N) is 1. The first kappa shape index (κ1) is 18.7. The lowest BCUT2D eigenvalue weighted by Gasteiger charge is -2.19. The van der Waals surface area contributed by atoms with E-state index < -0.39 is 0 Å². The van der Waals surface area contributed by atoms with Crippen molar-refractivity contribution in [2.24, 2.45) is 11.0 Å². The zero-order valence-electron chi connectivity index (χ0n) is 15.8. The molecule has 0 aliphatic heterocycles. The van der Waals surface area contributed by atoms with Gasteiger partial charge in [-0.15, -0.1) is 11.8 Å². The number of hydrogen-bond donors (Lipinski definition) is 1. The van der Waals surface area contributed by atoms with Crippen molar-refractivity contribution in [3.63, 3.8) is 0 Å². The van der Waals surface area contributed by atoms with Gasteiger partial charge < -0.3 is 0 Å². The summed E-state index contributed by atoms with van der Waals surface area (Å²) in [6.45, 7) is 6.63. The molecule has 1 amide bonds. The van der Waals surface area contributed by atoms with E-state index in [-0.39, 0.29) is 17.2 Å². The number of hydrogen-bond acceptors (Lipinski definition) is 3. The highest BCUT2D eigenvalue weighted by Crippen LogP contribution is 2.47. The molecular formula is C22H26N2OS. The van der Waals surface area contributed by atoms with Gasteiger partial charge in [-0.3, -0.25) is 4.79 Å². The largest absolute Gasteiger partial charge is 0.273 e. The van der Waals surface area contributed by atoms with Gasteiger partial charge in [-0.2, -0.15) is 5.10 Å². The van der Waals surface area contributed by atoms with Crippen molar-refractivity contribution in [2.45, 2.75) is 43.4 Å². The number of benzene rings is 2. The molecule has 2 aromatic carbocycles. The number of rotatable bonds is 5. The molecule has 4 heteroatoms. The van der Waals surface area contributed by atoms with Gasteiger partial charge in [0.25, 0.3) is 0 Å². The van der Waals surface area contributed by atoms with Crippen molar-refractivity contribution in [3.8, 4) is 0 Å². The number of hydrazone groups is 1. The topological polar surface area (TPSA) is 41.5 Å². The smallest absolute Gasteiger partial charge is 0.243 e. The molecule has 0 saturated heterocycles. The van der Waals surface area contributed by atoms with E-state index >= 15 is 0 Å². The third-order valence-electron chi connectivity index (χ3n) is 4.84. The summed E-state index contributed by atoms with van der Waals surface area (Å²) in [5.41, 5.74) is 6.38. The number of carbonyl (C=O) groups excluding carboxylic acids is 1. The van der Waals surface area contributed by atoms with E-state index in [1.54, 1.807) is 18.0 Å². The Labute approximate surface area is 160 Å². The van der Waals surface area contributed by atoms with E-state index in [0.717, 1.165) is 12.0 Å². The van der Waals surface area contributed by atoms with Crippen molar-refractivity contribution < 1.29 is 4.79 Å². The predicted molar refractivity (Wildman–Crippen MR) is 110 cm³/mol. The Morgan fingerprint density at radius 1 is 1.12 bits per heavy atom. The van der Waals surface area contributed by atoms with E-state index in [1.165, 1.54) is 16.0 Å². The highest BCUT2D eigenvalue weighted by Gasteiger charge is 2.43. The van der Waals surface area contributed by atoms with Gasteiger partial charge in [-0.25, -0.2) is 5.43 Å². The van der Waals surface area contributed by atoms with Crippen LogP contribution in [-0.2, 0) is 10.2 Å². The number of carbonyl (C=O) groups is 1. The lowest BCUT2D eigenvalue weighted by Crippen LogP contribution is -2.20. The van der Waals surface area contributed by atoms with E-state index in [2.05, 4.69) is 55.6 Å². The van der Waals surface area contributed by atoms with E-state index in [1.807, 2.05) is 30.5 Å². The monoisotopic (exact) mass is 366 g/mol. The number of amides is 1. The summed E-state index contributed by atoms with van der Waals surface area (Å²) in [6.07, 6.45) is 4.64. The van der Waals surface area contributed by atoms with Crippen molar-refractivity contribution in [1.29, 1.82) is 0 Å². The maximum absolute atomic E-state index is 12.3. The van der Waals surface area contributed by atoms with Crippen molar-refractivity contribution in [3.05, 3.63) is 65.2 Å². The van der Waals surface area contributed by atoms with Gasteiger partial charge in [0.2, 0.25) is 5.91 Å². The molecule has 0 spiro atoms. The molecule has 0 unspecified atom stereocenters. The van der Waals surface area contributed by atoms with E-state index in [4.69, 9.17) is 0 Å². The second-order valence-corrected chi connectivity index (χ2v) is 8.71. The predicted octanol–water partition coefficient (Wildman–Crippen LogP) is 4.96. The van der Waals surface area contributed by atoms with E-state index in [0.29, 0.717) is 5.92 Å². The Morgan fingerprint density at radius 2 is 1.77 bits per heavy atom. The fourth-order valence-electron chi connectivity index (χ4n) is 3.03. The average molecular weight is 367 g/mol. The zero-order chi connectivity index (χ0) is 18.7. The van der Waals surface area contributed by atoms with Crippen LogP contribution in [0.25, 0.3) is 0 Å². The molecule has 3 rings (SSSR count). The van der Waals surface area contributed by atoms with Crippen molar-refractivity contribution >= 4 is 23.9 Å². The number of thioether (sulfide) groups is 1. The van der Waals surface area contributed by atoms with Gasteiger partial charge in [-0.05, 0) is 52.8 Å². The van der Waals surface area contributed by atoms with E-state index in [9.17, 15) is 4.79 Å². The van der Waals surface area contributed by atoms with Crippen molar-refractivity contribution in [2.75, 3.05) is 6.26 Å². The first-order chi connectivity index (χ1) is 12.4. The molecule has 1 N–H and O–H groups in total. The Morgan fingerprint density at radius 3 is 2.35 bits per heavy atom. The average Bonchev–Trinajstić information content (AvgIpc) is 3.42. The first-order valence-electron chi connectivity index (χ1n) is 8.96. The summed E-state index contributed by atoms with van der Waals surface area (Å²) in [4.78, 5) is 13.5. The highest BCUT2D eigenvalue weighted by molar-refractivity contribution is 7.98. The Hall–Kier alpha value is -2.07. The van der Waals surface area contributed by atoms with Gasteiger partial charge in [0.15, 0.2) is 0 Å². The molecule has 2 aromatic rings. The second kappa shape index (κ2) is 7.67. The van der Waals surface area contributed by atoms with Crippen LogP contribution in [0.2, 0.25) is 0 Å². The molecule has 26 heavy (non-hydrogen) atoms. The summed E-state index contributed by atoms with van der Waals surface area (Å²) in [5.74, 6) is 0.360. The maximum atomic E-state index is 12.3. The van der Waals surface area contributed by atoms with Crippen LogP contribution in [-0.4, -0.2) is 18.4 Å². The summed E-state index contributed by atoms with van der Waals surface area (Å²) in [7, 11) is 0. The molecule has 0 radical (unpaired) electrons. The van der Waals surface area contributed by atoms with Crippen LogP contribution in [0.15, 0.2) is 58.5 Å². The van der Waals surface area contributed by atoms with Crippen LogP contribution in [0.1, 0.15) is 49.8 Å². The minimum Gasteiger partial charge on any atom is -0.273 e. The molecule has 1 fully saturated rings. The fraction of sp³-hybridized carbons (Fsp3) is 0.364. The SMILES string of the molecule is CSc1ccc(/C=N\NC(=O)[C@@H]2C[C@@H]2c2ccc(C(C)(C)C)cc2)cc1. The second-order valence-electron chi connectivity index (χ2n) is 7.83. The fourth-order valence-corrected chi connectivity index (χ4v) is 3.44. The summed E-state index contributed by atoms with van der Waals surface area (Å²) in [5, 5.41) is 4.10. The van der Waals surface area contributed by atoms with Gasteiger partial charge in [0, 0.05) is 10.8 Å². The third kappa shape index (κ3) is 4.55.